The molecule has 2 heterocycles. The van der Waals surface area contributed by atoms with Gasteiger partial charge in [0, 0.05) is 38.9 Å². The van der Waals surface area contributed by atoms with Crippen LogP contribution in [0.3, 0.4) is 0 Å². The van der Waals surface area contributed by atoms with Gasteiger partial charge in [-0.25, -0.2) is 9.98 Å². The molecule has 8 nitrogen and oxygen atoms in total. The zero-order valence-electron chi connectivity index (χ0n) is 19.8. The van der Waals surface area contributed by atoms with Gasteiger partial charge in [0.15, 0.2) is 0 Å². The van der Waals surface area contributed by atoms with Gasteiger partial charge in [-0.3, -0.25) is 4.90 Å². The van der Waals surface area contributed by atoms with Gasteiger partial charge >= 0.3 is 0 Å². The fourth-order valence-electron chi connectivity index (χ4n) is 4.07. The van der Waals surface area contributed by atoms with E-state index in [0.717, 1.165) is 70.5 Å². The van der Waals surface area contributed by atoms with E-state index in [4.69, 9.17) is 16.3 Å². The van der Waals surface area contributed by atoms with Gasteiger partial charge in [0.25, 0.3) is 0 Å². The third kappa shape index (κ3) is 8.37. The van der Waals surface area contributed by atoms with Gasteiger partial charge in [-0.2, -0.15) is 4.98 Å². The van der Waals surface area contributed by atoms with Crippen LogP contribution >= 0.6 is 11.6 Å². The van der Waals surface area contributed by atoms with Crippen molar-refractivity contribution < 1.29 is 9.84 Å². The van der Waals surface area contributed by atoms with Crippen molar-refractivity contribution in [3.8, 4) is 5.88 Å². The molecule has 0 bridgehead atoms. The maximum Gasteiger partial charge on any atom is 0.237 e. The van der Waals surface area contributed by atoms with Crippen molar-refractivity contribution >= 4 is 23.4 Å². The van der Waals surface area contributed by atoms with Crippen molar-refractivity contribution in [2.75, 3.05) is 51.2 Å². The number of halogens is 1. The van der Waals surface area contributed by atoms with Gasteiger partial charge in [0.05, 0.1) is 18.9 Å². The number of anilines is 1. The van der Waals surface area contributed by atoms with E-state index < -0.39 is 0 Å². The first kappa shape index (κ1) is 25.6. The summed E-state index contributed by atoms with van der Waals surface area (Å²) in [5.41, 5.74) is 1.07. The number of aliphatic hydroxyl groups is 1. The van der Waals surface area contributed by atoms with Crippen molar-refractivity contribution in [1.82, 2.24) is 19.8 Å². The van der Waals surface area contributed by atoms with Gasteiger partial charge in [-0.05, 0) is 50.6 Å². The first-order chi connectivity index (χ1) is 16.0. The number of amidine groups is 1. The van der Waals surface area contributed by atoms with Crippen LogP contribution in [0.1, 0.15) is 39.5 Å². The zero-order chi connectivity index (χ0) is 23.6. The molecule has 1 saturated heterocycles. The Morgan fingerprint density at radius 1 is 1.27 bits per heavy atom. The molecule has 1 saturated carbocycles. The van der Waals surface area contributed by atoms with Crippen LogP contribution < -0.4 is 10.1 Å². The topological polar surface area (TPSA) is 86.1 Å². The summed E-state index contributed by atoms with van der Waals surface area (Å²) in [4.78, 5) is 18.1. The van der Waals surface area contributed by atoms with Crippen LogP contribution in [0, 0.1) is 5.92 Å². The number of hydrogen-bond acceptors (Lipinski definition) is 7. The number of nitrogens with zero attached hydrogens (tertiary/aromatic N) is 5. The lowest BCUT2D eigenvalue weighted by molar-refractivity contribution is 0.0909. The quantitative estimate of drug-likeness (QED) is 0.320. The molecule has 2 fully saturated rings. The summed E-state index contributed by atoms with van der Waals surface area (Å²) in [6, 6.07) is 0. The van der Waals surface area contributed by atoms with E-state index in [9.17, 15) is 5.11 Å². The van der Waals surface area contributed by atoms with E-state index in [2.05, 4.69) is 43.6 Å². The fourth-order valence-corrected chi connectivity index (χ4v) is 4.22. The van der Waals surface area contributed by atoms with Gasteiger partial charge < -0.3 is 20.1 Å². The van der Waals surface area contributed by atoms with Crippen LogP contribution in [0.2, 0.25) is 5.02 Å². The Bertz CT molecular complexity index is 830. The third-order valence-electron chi connectivity index (χ3n) is 6.28. The Morgan fingerprint density at radius 2 is 1.97 bits per heavy atom. The third-order valence-corrected chi connectivity index (χ3v) is 6.54. The molecule has 0 atom stereocenters. The lowest BCUT2D eigenvalue weighted by Crippen LogP contribution is -2.46. The zero-order valence-corrected chi connectivity index (χ0v) is 20.6. The second-order valence-electron chi connectivity index (χ2n) is 8.79. The molecule has 2 aliphatic rings. The molecule has 1 aromatic heterocycles. The molecule has 33 heavy (non-hydrogen) atoms. The van der Waals surface area contributed by atoms with Crippen LogP contribution in [-0.4, -0.2) is 82.7 Å². The number of rotatable bonds is 9. The molecule has 2 N–H and O–H groups in total. The highest BCUT2D eigenvalue weighted by atomic mass is 35.5. The minimum atomic E-state index is -0.177. The second kappa shape index (κ2) is 13.0. The van der Waals surface area contributed by atoms with Gasteiger partial charge in [0.2, 0.25) is 11.8 Å². The smallest absolute Gasteiger partial charge is 0.237 e. The Labute approximate surface area is 202 Å². The van der Waals surface area contributed by atoms with Crippen LogP contribution in [-0.2, 0) is 0 Å². The van der Waals surface area contributed by atoms with Gasteiger partial charge in [0.1, 0.15) is 10.9 Å². The Morgan fingerprint density at radius 3 is 2.64 bits per heavy atom. The fraction of sp³-hybridized carbons (Fsp3) is 0.625. The van der Waals surface area contributed by atoms with Crippen molar-refractivity contribution in [2.45, 2.75) is 45.6 Å². The predicted octanol–water partition coefficient (Wildman–Crippen LogP) is 3.60. The first-order valence-electron chi connectivity index (χ1n) is 11.9. The van der Waals surface area contributed by atoms with Crippen molar-refractivity contribution in [3.63, 3.8) is 0 Å². The van der Waals surface area contributed by atoms with Crippen LogP contribution in [0.25, 0.3) is 0 Å². The minimum absolute atomic E-state index is 0.177. The second-order valence-corrected chi connectivity index (χ2v) is 9.20. The summed E-state index contributed by atoms with van der Waals surface area (Å²) in [5.74, 6) is 1.83. The standard InChI is InChI=1S/C24H37ClN6O2/c1-4-19(16-31-12-10-30(5-2)11-13-31)14-26-18(3)28-24-27-15-22(25)23(29-24)33-17-20-6-8-21(32)9-7-20/h4,14-15,20-21,32H,1,5-13,16-17H2,2-3H3,(H,26,27,28,29)/b19-14+. The molecule has 0 amide bonds. The number of ether oxygens (including phenoxy) is 1. The number of nitrogens with one attached hydrogen (secondary N) is 1. The normalized spacial score (nSPS) is 23.4. The molecule has 9 heteroatoms. The number of piperazine rings is 1. The molecular weight excluding hydrogens is 440 g/mol. The molecule has 1 aromatic rings. The SMILES string of the molecule is C=C/C(=C\N=C(C)Nc1ncc(Cl)c(OCC2CCC(O)CC2)n1)CN1CCN(CC)CC1. The molecule has 0 aromatic carbocycles. The van der Waals surface area contributed by atoms with Gasteiger partial charge in [-0.15, -0.1) is 0 Å². The molecule has 0 spiro atoms. The summed E-state index contributed by atoms with van der Waals surface area (Å²) in [6.07, 6.45) is 8.60. The summed E-state index contributed by atoms with van der Waals surface area (Å²) >= 11 is 6.23. The van der Waals surface area contributed by atoms with Crippen LogP contribution in [0.4, 0.5) is 5.95 Å². The minimum Gasteiger partial charge on any atom is -0.476 e. The average molecular weight is 477 g/mol. The molecule has 0 unspecified atom stereocenters. The number of aliphatic imine (C=N–C) groups is 1. The highest BCUT2D eigenvalue weighted by Gasteiger charge is 2.20. The lowest BCUT2D eigenvalue weighted by atomic mass is 9.88. The summed E-state index contributed by atoms with van der Waals surface area (Å²) in [7, 11) is 0. The maximum absolute atomic E-state index is 9.66. The number of hydrogen-bond donors (Lipinski definition) is 2. The predicted molar refractivity (Wildman–Crippen MR) is 134 cm³/mol. The monoisotopic (exact) mass is 476 g/mol. The highest BCUT2D eigenvalue weighted by molar-refractivity contribution is 6.31. The van der Waals surface area contributed by atoms with Crippen molar-refractivity contribution in [1.29, 1.82) is 0 Å². The van der Waals surface area contributed by atoms with E-state index >= 15 is 0 Å². The Kier molecular flexibility index (Phi) is 10.1. The molecule has 1 aliphatic heterocycles. The Hall–Kier alpha value is -2.00. The largest absolute Gasteiger partial charge is 0.476 e. The molecule has 1 aliphatic carbocycles. The highest BCUT2D eigenvalue weighted by Crippen LogP contribution is 2.27. The van der Waals surface area contributed by atoms with Crippen molar-refractivity contribution in [2.24, 2.45) is 10.9 Å². The van der Waals surface area contributed by atoms with E-state index in [-0.39, 0.29) is 6.10 Å². The van der Waals surface area contributed by atoms with Gasteiger partial charge in [-0.1, -0.05) is 31.2 Å². The molecular formula is C24H37ClN6O2. The number of likely N-dealkylation sites (N-methyl/N-ethyl adjacent to an activating group) is 1. The molecule has 3 rings (SSSR count). The molecule has 0 radical (unpaired) electrons. The van der Waals surface area contributed by atoms with Crippen LogP contribution in [0.5, 0.6) is 5.88 Å². The van der Waals surface area contributed by atoms with E-state index in [1.165, 1.54) is 6.20 Å². The number of aromatic nitrogens is 2. The van der Waals surface area contributed by atoms with Crippen molar-refractivity contribution in [3.05, 3.63) is 35.6 Å². The van der Waals surface area contributed by atoms with E-state index in [1.54, 1.807) is 0 Å². The van der Waals surface area contributed by atoms with E-state index in [0.29, 0.717) is 35.2 Å². The van der Waals surface area contributed by atoms with Crippen LogP contribution in [0.15, 0.2) is 35.6 Å². The summed E-state index contributed by atoms with van der Waals surface area (Å²) < 4.78 is 5.87. The summed E-state index contributed by atoms with van der Waals surface area (Å²) in [5, 5.41) is 13.1. The molecule has 182 valence electrons. The lowest BCUT2D eigenvalue weighted by Gasteiger charge is -2.34. The average Bonchev–Trinajstić information content (AvgIpc) is 2.83. The first-order valence-corrected chi connectivity index (χ1v) is 12.3. The summed E-state index contributed by atoms with van der Waals surface area (Å²) in [6.45, 7) is 14.8. The van der Waals surface area contributed by atoms with E-state index in [1.807, 2.05) is 19.2 Å². The Balaban J connectivity index is 1.53. The number of aliphatic hydroxyl groups excluding tert-OH is 1. The maximum atomic E-state index is 9.66.